The third kappa shape index (κ3) is 4.49. The first-order chi connectivity index (χ1) is 18.3. The van der Waals surface area contributed by atoms with Crippen LogP contribution >= 0.6 is 0 Å². The lowest BCUT2D eigenvalue weighted by molar-refractivity contribution is 0.102. The van der Waals surface area contributed by atoms with Crippen LogP contribution in [0.15, 0.2) is 55.2 Å². The van der Waals surface area contributed by atoms with Gasteiger partial charge in [0.1, 0.15) is 29.2 Å². The van der Waals surface area contributed by atoms with E-state index in [9.17, 15) is 4.79 Å². The van der Waals surface area contributed by atoms with Gasteiger partial charge in [-0.25, -0.2) is 24.6 Å². The molecule has 5 aromatic rings. The van der Waals surface area contributed by atoms with Crippen LogP contribution in [-0.2, 0) is 5.41 Å². The molecule has 0 spiro atoms. The Morgan fingerprint density at radius 2 is 1.92 bits per heavy atom. The zero-order valence-electron chi connectivity index (χ0n) is 21.8. The zero-order valence-corrected chi connectivity index (χ0v) is 21.8. The predicted molar refractivity (Wildman–Crippen MR) is 147 cm³/mol. The summed E-state index contributed by atoms with van der Waals surface area (Å²) in [7, 11) is 0. The molecule has 4 heterocycles. The monoisotopic (exact) mass is 507 g/mol. The number of aromatic nitrogens is 7. The van der Waals surface area contributed by atoms with Gasteiger partial charge in [0.25, 0.3) is 5.91 Å². The summed E-state index contributed by atoms with van der Waals surface area (Å²) in [4.78, 5) is 34.0. The number of anilines is 3. The number of aryl methyl sites for hydroxylation is 1. The number of carbonyl (C=O) groups is 1. The van der Waals surface area contributed by atoms with Crippen LogP contribution in [-0.4, -0.2) is 40.6 Å². The molecule has 1 aromatic carbocycles. The summed E-state index contributed by atoms with van der Waals surface area (Å²) in [6, 6.07) is 11.7. The lowest BCUT2D eigenvalue weighted by Gasteiger charge is -2.14. The van der Waals surface area contributed by atoms with E-state index in [1.165, 1.54) is 6.33 Å². The first kappa shape index (κ1) is 23.8. The number of imidazole rings is 1. The molecule has 0 aliphatic heterocycles. The molecule has 0 unspecified atom stereocenters. The molecule has 10 heteroatoms. The van der Waals surface area contributed by atoms with Crippen LogP contribution in [0, 0.1) is 6.92 Å². The fourth-order valence-electron chi connectivity index (χ4n) is 4.32. The van der Waals surface area contributed by atoms with Gasteiger partial charge in [0.2, 0.25) is 0 Å². The largest absolute Gasteiger partial charge is 0.339 e. The highest BCUT2D eigenvalue weighted by molar-refractivity contribution is 6.04. The van der Waals surface area contributed by atoms with Crippen molar-refractivity contribution in [1.82, 2.24) is 34.7 Å². The molecule has 1 aliphatic carbocycles. The number of nitrogens with one attached hydrogen (secondary N) is 3. The fourth-order valence-corrected chi connectivity index (χ4v) is 4.32. The molecule has 10 nitrogen and oxygen atoms in total. The average Bonchev–Trinajstić information content (AvgIpc) is 3.45. The standard InChI is InChI=1S/C28H29N9O/c1-16-7-8-17(27(38)35-22-13-21(28(2,3)4)36-37(22)18-9-10-18)12-20(16)34-25-19(6-5-11-29-25)23-24-26(32-14-30-23)33-15-31-24/h5-8,11-15,18H,9-10H2,1-4H3,(H,29,34)(H,35,38)(H,30,31,32,33). The molecule has 192 valence electrons. The second-order valence-corrected chi connectivity index (χ2v) is 10.7. The molecule has 0 bridgehead atoms. The molecule has 0 radical (unpaired) electrons. The van der Waals surface area contributed by atoms with E-state index >= 15 is 0 Å². The second-order valence-electron chi connectivity index (χ2n) is 10.7. The Hall–Kier alpha value is -4.60. The van der Waals surface area contributed by atoms with E-state index in [2.05, 4.69) is 56.3 Å². The summed E-state index contributed by atoms with van der Waals surface area (Å²) in [5.74, 6) is 1.15. The normalized spacial score (nSPS) is 13.6. The molecule has 1 aliphatic rings. The summed E-state index contributed by atoms with van der Waals surface area (Å²) in [5, 5.41) is 11.3. The van der Waals surface area contributed by atoms with Gasteiger partial charge in [0, 0.05) is 34.5 Å². The van der Waals surface area contributed by atoms with Crippen LogP contribution in [0.4, 0.5) is 17.3 Å². The van der Waals surface area contributed by atoms with Gasteiger partial charge >= 0.3 is 0 Å². The maximum Gasteiger partial charge on any atom is 0.256 e. The third-order valence-electron chi connectivity index (χ3n) is 6.67. The number of fused-ring (bicyclic) bond motifs is 1. The average molecular weight is 508 g/mol. The highest BCUT2D eigenvalue weighted by Crippen LogP contribution is 2.39. The van der Waals surface area contributed by atoms with E-state index in [0.29, 0.717) is 34.3 Å². The SMILES string of the molecule is Cc1ccc(C(=O)Nc2cc(C(C)(C)C)nn2C2CC2)cc1Nc1ncccc1-c1ncnc2[nH]cnc12. The molecule has 0 atom stereocenters. The van der Waals surface area contributed by atoms with Gasteiger partial charge in [-0.2, -0.15) is 5.10 Å². The van der Waals surface area contributed by atoms with Gasteiger partial charge in [-0.1, -0.05) is 26.8 Å². The van der Waals surface area contributed by atoms with Crippen molar-refractivity contribution in [2.24, 2.45) is 0 Å². The number of carbonyl (C=O) groups excluding carboxylic acids is 1. The van der Waals surface area contributed by atoms with Crippen molar-refractivity contribution in [3.63, 3.8) is 0 Å². The molecule has 1 amide bonds. The molecule has 3 N–H and O–H groups in total. The van der Waals surface area contributed by atoms with Crippen LogP contribution in [0.2, 0.25) is 0 Å². The van der Waals surface area contributed by atoms with Gasteiger partial charge in [0.15, 0.2) is 5.65 Å². The van der Waals surface area contributed by atoms with E-state index in [0.717, 1.165) is 41.2 Å². The molecule has 38 heavy (non-hydrogen) atoms. The number of nitrogens with zero attached hydrogens (tertiary/aromatic N) is 6. The number of rotatable bonds is 6. The smallest absolute Gasteiger partial charge is 0.256 e. The maximum absolute atomic E-state index is 13.4. The van der Waals surface area contributed by atoms with Gasteiger partial charge in [-0.15, -0.1) is 0 Å². The molecular weight excluding hydrogens is 478 g/mol. The van der Waals surface area contributed by atoms with Crippen molar-refractivity contribution in [3.8, 4) is 11.3 Å². The minimum Gasteiger partial charge on any atom is -0.339 e. The first-order valence-corrected chi connectivity index (χ1v) is 12.7. The van der Waals surface area contributed by atoms with E-state index < -0.39 is 0 Å². The molecular formula is C28H29N9O. The number of H-pyrrole nitrogens is 1. The summed E-state index contributed by atoms with van der Waals surface area (Å²) < 4.78 is 1.96. The van der Waals surface area contributed by atoms with Crippen molar-refractivity contribution in [2.45, 2.75) is 52.0 Å². The van der Waals surface area contributed by atoms with Crippen LogP contribution in [0.5, 0.6) is 0 Å². The van der Waals surface area contributed by atoms with E-state index in [-0.39, 0.29) is 11.3 Å². The van der Waals surface area contributed by atoms with E-state index in [1.807, 2.05) is 48.0 Å². The Balaban J connectivity index is 1.30. The van der Waals surface area contributed by atoms with Crippen LogP contribution < -0.4 is 10.6 Å². The summed E-state index contributed by atoms with van der Waals surface area (Å²) in [6.45, 7) is 8.36. The Morgan fingerprint density at radius 1 is 1.08 bits per heavy atom. The quantitative estimate of drug-likeness (QED) is 0.275. The highest BCUT2D eigenvalue weighted by Gasteiger charge is 2.30. The molecule has 4 aromatic heterocycles. The molecule has 0 saturated heterocycles. The Morgan fingerprint density at radius 3 is 2.71 bits per heavy atom. The van der Waals surface area contributed by atoms with Crippen LogP contribution in [0.25, 0.3) is 22.4 Å². The second kappa shape index (κ2) is 9.05. The minimum atomic E-state index is -0.189. The van der Waals surface area contributed by atoms with E-state index in [1.54, 1.807) is 12.5 Å². The van der Waals surface area contributed by atoms with Crippen LogP contribution in [0.1, 0.15) is 61.3 Å². The number of hydrogen-bond acceptors (Lipinski definition) is 7. The third-order valence-corrected chi connectivity index (χ3v) is 6.67. The van der Waals surface area contributed by atoms with Gasteiger partial charge in [-0.3, -0.25) is 4.79 Å². The Kier molecular flexibility index (Phi) is 5.67. The van der Waals surface area contributed by atoms with Gasteiger partial charge in [0.05, 0.1) is 18.1 Å². The number of amides is 1. The van der Waals surface area contributed by atoms with Gasteiger partial charge in [-0.05, 0) is 49.6 Å². The first-order valence-electron chi connectivity index (χ1n) is 12.7. The summed E-state index contributed by atoms with van der Waals surface area (Å²) in [5.41, 5.74) is 5.91. The minimum absolute atomic E-state index is 0.105. The van der Waals surface area contributed by atoms with Crippen molar-refractivity contribution in [2.75, 3.05) is 10.6 Å². The Bertz CT molecular complexity index is 1660. The van der Waals surface area contributed by atoms with Crippen molar-refractivity contribution >= 4 is 34.4 Å². The maximum atomic E-state index is 13.4. The lowest BCUT2D eigenvalue weighted by atomic mass is 9.92. The lowest BCUT2D eigenvalue weighted by Crippen LogP contribution is -2.16. The molecule has 6 rings (SSSR count). The van der Waals surface area contributed by atoms with Crippen molar-refractivity contribution in [1.29, 1.82) is 0 Å². The molecule has 1 saturated carbocycles. The highest BCUT2D eigenvalue weighted by atomic mass is 16.1. The molecule has 1 fully saturated rings. The number of hydrogen-bond donors (Lipinski definition) is 3. The van der Waals surface area contributed by atoms with Crippen molar-refractivity contribution < 1.29 is 4.79 Å². The topological polar surface area (TPSA) is 126 Å². The Labute approximate surface area is 220 Å². The van der Waals surface area contributed by atoms with Crippen LogP contribution in [0.3, 0.4) is 0 Å². The number of aromatic amines is 1. The van der Waals surface area contributed by atoms with E-state index in [4.69, 9.17) is 5.10 Å². The number of pyridine rings is 1. The zero-order chi connectivity index (χ0) is 26.4. The fraction of sp³-hybridized carbons (Fsp3) is 0.286. The number of benzene rings is 1. The summed E-state index contributed by atoms with van der Waals surface area (Å²) in [6.07, 6.45) is 6.97. The van der Waals surface area contributed by atoms with Crippen molar-refractivity contribution in [3.05, 3.63) is 72.1 Å². The van der Waals surface area contributed by atoms with Gasteiger partial charge < -0.3 is 15.6 Å². The predicted octanol–water partition coefficient (Wildman–Crippen LogP) is 5.55. The summed E-state index contributed by atoms with van der Waals surface area (Å²) >= 11 is 0.